The average Bonchev–Trinajstić information content (AvgIpc) is 3.54. The van der Waals surface area contributed by atoms with Crippen LogP contribution in [0.4, 0.5) is 5.69 Å². The van der Waals surface area contributed by atoms with Crippen LogP contribution >= 0.6 is 11.6 Å². The van der Waals surface area contributed by atoms with Crippen molar-refractivity contribution < 1.29 is 9.63 Å². The zero-order valence-corrected chi connectivity index (χ0v) is 25.5. The van der Waals surface area contributed by atoms with Gasteiger partial charge in [0, 0.05) is 56.5 Å². The van der Waals surface area contributed by atoms with Crippen molar-refractivity contribution in [3.63, 3.8) is 0 Å². The molecule has 1 atom stereocenters. The second kappa shape index (κ2) is 15.5. The number of halogens is 1. The Kier molecular flexibility index (Phi) is 11.3. The molecule has 2 fully saturated rings. The molecule has 0 bridgehead atoms. The molecule has 2 saturated heterocycles. The highest BCUT2D eigenvalue weighted by molar-refractivity contribution is 6.30. The number of benzene rings is 3. The number of carbonyl (C=O) groups is 1. The number of aryl methyl sites for hydroxylation is 1. The van der Waals surface area contributed by atoms with E-state index < -0.39 is 0 Å². The van der Waals surface area contributed by atoms with Crippen molar-refractivity contribution in [2.24, 2.45) is 0 Å². The zero-order chi connectivity index (χ0) is 29.1. The molecule has 42 heavy (non-hydrogen) atoms. The number of hydroxylamine groups is 2. The van der Waals surface area contributed by atoms with Crippen LogP contribution in [0.15, 0.2) is 72.8 Å². The molecular weight excluding hydrogens is 546 g/mol. The predicted octanol–water partition coefficient (Wildman–Crippen LogP) is 4.82. The fourth-order valence-corrected chi connectivity index (χ4v) is 5.92. The monoisotopic (exact) mass is 589 g/mol. The topological polar surface area (TPSA) is 60.1 Å². The molecule has 2 N–H and O–H groups in total. The minimum atomic E-state index is -0.121. The summed E-state index contributed by atoms with van der Waals surface area (Å²) in [5.41, 5.74) is 6.52. The Morgan fingerprint density at radius 1 is 0.952 bits per heavy atom. The third-order valence-corrected chi connectivity index (χ3v) is 8.49. The number of hydrogen-bond acceptors (Lipinski definition) is 6. The van der Waals surface area contributed by atoms with Crippen molar-refractivity contribution in [3.05, 3.63) is 100 Å². The highest BCUT2D eigenvalue weighted by Crippen LogP contribution is 2.24. The lowest BCUT2D eigenvalue weighted by atomic mass is 9.95. The lowest BCUT2D eigenvalue weighted by Gasteiger charge is -2.37. The molecule has 3 aliphatic rings. The number of rotatable bonds is 8. The van der Waals surface area contributed by atoms with Crippen LogP contribution < -0.4 is 15.5 Å². The molecule has 0 radical (unpaired) electrons. The maximum absolute atomic E-state index is 12.6. The molecule has 1 amide bonds. The first-order chi connectivity index (χ1) is 20.5. The number of fused-ring (bicyclic) bond motifs is 1. The van der Waals surface area contributed by atoms with Gasteiger partial charge in [0.25, 0.3) is 0 Å². The highest BCUT2D eigenvalue weighted by atomic mass is 35.5. The zero-order valence-electron chi connectivity index (χ0n) is 24.7. The van der Waals surface area contributed by atoms with E-state index in [9.17, 15) is 4.79 Å². The Morgan fingerprint density at radius 3 is 2.43 bits per heavy atom. The van der Waals surface area contributed by atoms with Crippen LogP contribution in [0.5, 0.6) is 0 Å². The Balaban J connectivity index is 0.000000382. The molecule has 3 aromatic carbocycles. The van der Waals surface area contributed by atoms with Gasteiger partial charge in [0.2, 0.25) is 5.91 Å². The predicted molar refractivity (Wildman–Crippen MR) is 171 cm³/mol. The van der Waals surface area contributed by atoms with Crippen LogP contribution in [0.1, 0.15) is 35.1 Å². The Morgan fingerprint density at radius 2 is 1.69 bits per heavy atom. The van der Waals surface area contributed by atoms with Gasteiger partial charge in [0.1, 0.15) is 0 Å². The van der Waals surface area contributed by atoms with E-state index in [0.29, 0.717) is 0 Å². The van der Waals surface area contributed by atoms with Gasteiger partial charge in [-0.25, -0.2) is 0 Å². The summed E-state index contributed by atoms with van der Waals surface area (Å²) in [6, 6.07) is 24.7. The summed E-state index contributed by atoms with van der Waals surface area (Å²) in [6.07, 6.45) is 2.87. The molecule has 1 unspecified atom stereocenters. The molecule has 0 aliphatic carbocycles. The molecule has 0 saturated carbocycles. The van der Waals surface area contributed by atoms with Crippen LogP contribution in [0, 0.1) is 6.92 Å². The van der Waals surface area contributed by atoms with Crippen LogP contribution in [0.3, 0.4) is 0 Å². The van der Waals surface area contributed by atoms with E-state index >= 15 is 0 Å². The molecule has 7 nitrogen and oxygen atoms in total. The Bertz CT molecular complexity index is 1250. The lowest BCUT2D eigenvalue weighted by molar-refractivity contribution is -0.123. The van der Waals surface area contributed by atoms with E-state index in [1.54, 1.807) is 0 Å². The smallest absolute Gasteiger partial charge is 0.237 e. The maximum Gasteiger partial charge on any atom is 0.237 e. The van der Waals surface area contributed by atoms with Crippen LogP contribution in [0.2, 0.25) is 5.02 Å². The second-order valence-corrected chi connectivity index (χ2v) is 11.8. The quantitative estimate of drug-likeness (QED) is 0.368. The molecule has 224 valence electrons. The number of nitrogens with one attached hydrogen (secondary N) is 2. The fraction of sp³-hybridized carbons (Fsp3) is 0.441. The third-order valence-electron chi connectivity index (χ3n) is 8.24. The summed E-state index contributed by atoms with van der Waals surface area (Å²) in [5, 5.41) is 9.41. The summed E-state index contributed by atoms with van der Waals surface area (Å²) in [7, 11) is 0. The van der Waals surface area contributed by atoms with Crippen molar-refractivity contribution >= 4 is 23.2 Å². The van der Waals surface area contributed by atoms with E-state index in [0.717, 1.165) is 89.8 Å². The van der Waals surface area contributed by atoms with Gasteiger partial charge in [-0.1, -0.05) is 71.8 Å². The SMILES string of the molecule is Cc1ccc(Cl)cc1.O=C(NCCCN1CCN(c2ccccc2CN2CCCO2)CC1)C1Cc2ccccc2CN1. The van der Waals surface area contributed by atoms with Gasteiger partial charge in [0.15, 0.2) is 0 Å². The lowest BCUT2D eigenvalue weighted by Crippen LogP contribution is -2.49. The van der Waals surface area contributed by atoms with Gasteiger partial charge in [0.05, 0.1) is 19.2 Å². The molecule has 3 aromatic rings. The minimum Gasteiger partial charge on any atom is -0.369 e. The van der Waals surface area contributed by atoms with Crippen molar-refractivity contribution in [1.82, 2.24) is 20.6 Å². The molecule has 0 spiro atoms. The molecular formula is C34H44ClN5O2. The van der Waals surface area contributed by atoms with Gasteiger partial charge >= 0.3 is 0 Å². The van der Waals surface area contributed by atoms with Gasteiger partial charge in [-0.2, -0.15) is 5.06 Å². The standard InChI is InChI=1S/C27H37N5O2.C7H7Cl/c33-27(25-19-22-7-1-2-8-23(22)20-29-25)28-11-5-12-30-14-16-31(17-15-30)26-10-4-3-9-24(26)21-32-13-6-18-34-32;1-6-2-4-7(8)5-3-6/h1-4,7-10,25,29H,5-6,11-21H2,(H,28,33);2-5H,1H3. The van der Waals surface area contributed by atoms with E-state index in [1.807, 2.05) is 31.2 Å². The van der Waals surface area contributed by atoms with Gasteiger partial charge in [-0.15, -0.1) is 0 Å². The summed E-state index contributed by atoms with van der Waals surface area (Å²) < 4.78 is 0. The summed E-state index contributed by atoms with van der Waals surface area (Å²) >= 11 is 5.61. The van der Waals surface area contributed by atoms with E-state index in [4.69, 9.17) is 16.4 Å². The maximum atomic E-state index is 12.6. The molecule has 3 aliphatic heterocycles. The van der Waals surface area contributed by atoms with E-state index in [2.05, 4.69) is 74.0 Å². The largest absolute Gasteiger partial charge is 0.369 e. The number of carbonyl (C=O) groups excluding carboxylic acids is 1. The van der Waals surface area contributed by atoms with Crippen LogP contribution in [0.25, 0.3) is 0 Å². The van der Waals surface area contributed by atoms with Gasteiger partial charge < -0.3 is 15.5 Å². The number of para-hydroxylation sites is 1. The van der Waals surface area contributed by atoms with Crippen LogP contribution in [-0.4, -0.2) is 74.3 Å². The number of nitrogens with zero attached hydrogens (tertiary/aromatic N) is 3. The first-order valence-electron chi connectivity index (χ1n) is 15.3. The van der Waals surface area contributed by atoms with E-state index in [-0.39, 0.29) is 11.9 Å². The Hall–Kier alpha value is -2.94. The van der Waals surface area contributed by atoms with Crippen molar-refractivity contribution in [3.8, 4) is 0 Å². The number of anilines is 1. The summed E-state index contributed by atoms with van der Waals surface area (Å²) in [5.74, 6) is 0.123. The number of hydrogen-bond donors (Lipinski definition) is 2. The van der Waals surface area contributed by atoms with Crippen molar-refractivity contribution in [2.75, 3.05) is 57.3 Å². The normalized spacial score (nSPS) is 19.1. The first-order valence-corrected chi connectivity index (χ1v) is 15.7. The summed E-state index contributed by atoms with van der Waals surface area (Å²) in [4.78, 5) is 23.4. The fourth-order valence-electron chi connectivity index (χ4n) is 5.79. The highest BCUT2D eigenvalue weighted by Gasteiger charge is 2.24. The molecule has 6 rings (SSSR count). The van der Waals surface area contributed by atoms with Crippen molar-refractivity contribution in [1.29, 1.82) is 0 Å². The van der Waals surface area contributed by atoms with Crippen LogP contribution in [-0.2, 0) is 29.1 Å². The Labute approximate surface area is 255 Å². The van der Waals surface area contributed by atoms with Gasteiger partial charge in [-0.05, 0) is 67.6 Å². The molecule has 3 heterocycles. The minimum absolute atomic E-state index is 0.121. The van der Waals surface area contributed by atoms with E-state index in [1.165, 1.54) is 27.9 Å². The van der Waals surface area contributed by atoms with Gasteiger partial charge in [-0.3, -0.25) is 14.5 Å². The van der Waals surface area contributed by atoms with Crippen molar-refractivity contribution in [2.45, 2.75) is 45.3 Å². The third kappa shape index (κ3) is 8.79. The molecule has 8 heteroatoms. The summed E-state index contributed by atoms with van der Waals surface area (Å²) in [6.45, 7) is 11.5. The number of piperazine rings is 1. The second-order valence-electron chi connectivity index (χ2n) is 11.4. The average molecular weight is 590 g/mol. The number of amides is 1. The molecule has 0 aromatic heterocycles. The first kappa shape index (κ1) is 30.5.